The third kappa shape index (κ3) is 4.99. The molecule has 0 bridgehead atoms. The second-order valence-corrected chi connectivity index (χ2v) is 10.5. The van der Waals surface area contributed by atoms with Crippen LogP contribution in [0.2, 0.25) is 0 Å². The molecular formula is C30H33N7O2. The summed E-state index contributed by atoms with van der Waals surface area (Å²) in [5.74, 6) is 2.32. The van der Waals surface area contributed by atoms with E-state index in [0.717, 1.165) is 64.9 Å². The van der Waals surface area contributed by atoms with Crippen LogP contribution in [-0.4, -0.2) is 32.0 Å². The van der Waals surface area contributed by atoms with E-state index in [1.165, 1.54) is 5.56 Å². The van der Waals surface area contributed by atoms with Gasteiger partial charge in [-0.15, -0.1) is 0 Å². The third-order valence-electron chi connectivity index (χ3n) is 7.77. The van der Waals surface area contributed by atoms with Crippen LogP contribution in [0.25, 0.3) is 27.8 Å². The average Bonchev–Trinajstić information content (AvgIpc) is 3.55. The van der Waals surface area contributed by atoms with Gasteiger partial charge in [-0.25, -0.2) is 14.8 Å². The van der Waals surface area contributed by atoms with Crippen molar-refractivity contribution >= 4 is 34.1 Å². The molecule has 1 fully saturated rings. The number of para-hydroxylation sites is 1. The quantitative estimate of drug-likeness (QED) is 0.230. The standard InChI is InChI=1S/C30H33N7O2/c1-18-6-5-9-22-14-23(34-25(18)22)26-27-28(32)35-24(31)16-37(27)29(36-26)21-12-10-19(11-13-21)15-33-30(38)39-17-20-7-3-2-4-8-20/h2-9,14,16,19,21,34H,10-13,15,17,31H2,1H3,(H2,32,35)(H,33,38)/t19-,21-. The summed E-state index contributed by atoms with van der Waals surface area (Å²) in [4.78, 5) is 25.2. The number of H-pyrrole nitrogens is 1. The van der Waals surface area contributed by atoms with Crippen molar-refractivity contribution in [3.8, 4) is 11.4 Å². The van der Waals surface area contributed by atoms with Gasteiger partial charge in [0.05, 0.1) is 11.9 Å². The number of rotatable bonds is 6. The zero-order valence-corrected chi connectivity index (χ0v) is 22.0. The van der Waals surface area contributed by atoms with Gasteiger partial charge < -0.3 is 26.5 Å². The summed E-state index contributed by atoms with van der Waals surface area (Å²) in [5.41, 5.74) is 18.2. The minimum Gasteiger partial charge on any atom is -0.445 e. The van der Waals surface area contributed by atoms with E-state index < -0.39 is 0 Å². The van der Waals surface area contributed by atoms with Crippen LogP contribution in [0.1, 0.15) is 48.6 Å². The lowest BCUT2D eigenvalue weighted by Crippen LogP contribution is -2.31. The second-order valence-electron chi connectivity index (χ2n) is 10.5. The van der Waals surface area contributed by atoms with Crippen LogP contribution >= 0.6 is 0 Å². The lowest BCUT2D eigenvalue weighted by Gasteiger charge is -2.28. The number of hydrogen-bond donors (Lipinski definition) is 4. The number of nitrogen functional groups attached to an aromatic ring is 2. The number of anilines is 2. The van der Waals surface area contributed by atoms with E-state index in [1.807, 2.05) is 40.9 Å². The SMILES string of the molecule is Cc1cccc2cc(-c3nc([C@H]4CC[C@H](CNC(=O)OCc5ccccc5)CC4)n4cc(N)nc(N)c34)[nH]c12. The topological polar surface area (TPSA) is 136 Å². The van der Waals surface area contributed by atoms with Gasteiger partial charge in [-0.05, 0) is 55.7 Å². The minimum atomic E-state index is -0.378. The van der Waals surface area contributed by atoms with Gasteiger partial charge in [-0.3, -0.25) is 4.40 Å². The molecule has 3 heterocycles. The molecule has 6 rings (SSSR count). The number of amides is 1. The first-order valence-electron chi connectivity index (χ1n) is 13.4. The lowest BCUT2D eigenvalue weighted by molar-refractivity contribution is 0.136. The predicted molar refractivity (Wildman–Crippen MR) is 153 cm³/mol. The molecule has 1 saturated carbocycles. The molecule has 0 radical (unpaired) electrons. The smallest absolute Gasteiger partial charge is 0.407 e. The molecule has 9 heteroatoms. The fourth-order valence-electron chi connectivity index (χ4n) is 5.72. The van der Waals surface area contributed by atoms with Crippen molar-refractivity contribution in [2.75, 3.05) is 18.0 Å². The van der Waals surface area contributed by atoms with Gasteiger partial charge in [-0.2, -0.15) is 0 Å². The van der Waals surface area contributed by atoms with Gasteiger partial charge in [0.25, 0.3) is 0 Å². The monoisotopic (exact) mass is 523 g/mol. The number of hydrogen-bond acceptors (Lipinski definition) is 6. The maximum Gasteiger partial charge on any atom is 0.407 e. The summed E-state index contributed by atoms with van der Waals surface area (Å²) in [5, 5.41) is 4.07. The fraction of sp³-hybridized carbons (Fsp3) is 0.300. The number of nitrogens with one attached hydrogen (secondary N) is 2. The normalized spacial score (nSPS) is 17.5. The number of carbonyl (C=O) groups is 1. The molecule has 2 aromatic carbocycles. The van der Waals surface area contributed by atoms with E-state index in [0.29, 0.717) is 24.1 Å². The number of carbonyl (C=O) groups excluding carboxylic acids is 1. The lowest BCUT2D eigenvalue weighted by atomic mass is 9.81. The highest BCUT2D eigenvalue weighted by atomic mass is 16.5. The highest BCUT2D eigenvalue weighted by Crippen LogP contribution is 2.39. The molecule has 1 aliphatic rings. The number of fused-ring (bicyclic) bond motifs is 2. The maximum absolute atomic E-state index is 12.2. The molecule has 0 spiro atoms. The molecule has 5 aromatic rings. The van der Waals surface area contributed by atoms with Crippen molar-refractivity contribution in [2.45, 2.75) is 45.1 Å². The molecular weight excluding hydrogens is 490 g/mol. The van der Waals surface area contributed by atoms with Crippen molar-refractivity contribution in [3.63, 3.8) is 0 Å². The largest absolute Gasteiger partial charge is 0.445 e. The summed E-state index contributed by atoms with van der Waals surface area (Å²) in [6, 6.07) is 18.0. The molecule has 6 N–H and O–H groups in total. The Morgan fingerprint density at radius 3 is 2.64 bits per heavy atom. The van der Waals surface area contributed by atoms with E-state index >= 15 is 0 Å². The Bertz CT molecular complexity index is 1630. The molecule has 200 valence electrons. The van der Waals surface area contributed by atoms with Gasteiger partial charge in [0.1, 0.15) is 29.5 Å². The Hall–Kier alpha value is -4.53. The highest BCUT2D eigenvalue weighted by Gasteiger charge is 2.28. The summed E-state index contributed by atoms with van der Waals surface area (Å²) in [6.45, 7) is 2.96. The molecule has 0 saturated heterocycles. The maximum atomic E-state index is 12.2. The third-order valence-corrected chi connectivity index (χ3v) is 7.77. The van der Waals surface area contributed by atoms with Crippen molar-refractivity contribution in [1.29, 1.82) is 0 Å². The summed E-state index contributed by atoms with van der Waals surface area (Å²) >= 11 is 0. The fourth-order valence-corrected chi connectivity index (χ4v) is 5.72. The van der Waals surface area contributed by atoms with Crippen LogP contribution < -0.4 is 16.8 Å². The first kappa shape index (κ1) is 24.8. The summed E-state index contributed by atoms with van der Waals surface area (Å²) < 4.78 is 7.38. The molecule has 1 amide bonds. The van der Waals surface area contributed by atoms with E-state index in [9.17, 15) is 4.79 Å². The minimum absolute atomic E-state index is 0.250. The van der Waals surface area contributed by atoms with Crippen LogP contribution in [0, 0.1) is 12.8 Å². The van der Waals surface area contributed by atoms with Gasteiger partial charge in [0, 0.05) is 23.4 Å². The molecule has 0 unspecified atom stereocenters. The molecule has 9 nitrogen and oxygen atoms in total. The van der Waals surface area contributed by atoms with Gasteiger partial charge >= 0.3 is 6.09 Å². The Morgan fingerprint density at radius 2 is 1.87 bits per heavy atom. The van der Waals surface area contributed by atoms with E-state index in [-0.39, 0.29) is 18.6 Å². The first-order chi connectivity index (χ1) is 19.0. The summed E-state index contributed by atoms with van der Waals surface area (Å²) in [7, 11) is 0. The Morgan fingerprint density at radius 1 is 1.08 bits per heavy atom. The van der Waals surface area contributed by atoms with E-state index in [2.05, 4.69) is 46.5 Å². The highest BCUT2D eigenvalue weighted by molar-refractivity contribution is 5.92. The second kappa shape index (κ2) is 10.3. The number of benzene rings is 2. The Balaban J connectivity index is 1.17. The Labute approximate surface area is 226 Å². The number of aryl methyl sites for hydroxylation is 1. The number of imidazole rings is 1. The molecule has 3 aromatic heterocycles. The van der Waals surface area contributed by atoms with E-state index in [4.69, 9.17) is 21.2 Å². The molecule has 0 atom stereocenters. The number of nitrogens with two attached hydrogens (primary N) is 2. The molecule has 1 aliphatic carbocycles. The molecule has 39 heavy (non-hydrogen) atoms. The zero-order valence-electron chi connectivity index (χ0n) is 22.0. The number of aromatic amines is 1. The van der Waals surface area contributed by atoms with Gasteiger partial charge in [0.15, 0.2) is 5.82 Å². The number of aromatic nitrogens is 4. The van der Waals surface area contributed by atoms with Crippen molar-refractivity contribution in [3.05, 3.63) is 77.7 Å². The number of alkyl carbamates (subject to hydrolysis) is 1. The Kier molecular flexibility index (Phi) is 6.56. The van der Waals surface area contributed by atoms with Crippen molar-refractivity contribution in [1.82, 2.24) is 24.7 Å². The average molecular weight is 524 g/mol. The van der Waals surface area contributed by atoms with Crippen LogP contribution in [0.15, 0.2) is 60.8 Å². The van der Waals surface area contributed by atoms with Crippen molar-refractivity contribution in [2.24, 2.45) is 5.92 Å². The molecule has 0 aliphatic heterocycles. The number of nitrogens with zero attached hydrogens (tertiary/aromatic N) is 3. The van der Waals surface area contributed by atoms with Crippen LogP contribution in [0.5, 0.6) is 0 Å². The van der Waals surface area contributed by atoms with Gasteiger partial charge in [-0.1, -0.05) is 48.5 Å². The van der Waals surface area contributed by atoms with Gasteiger partial charge in [0.2, 0.25) is 0 Å². The van der Waals surface area contributed by atoms with Crippen LogP contribution in [-0.2, 0) is 11.3 Å². The van der Waals surface area contributed by atoms with Crippen LogP contribution in [0.4, 0.5) is 16.4 Å². The predicted octanol–water partition coefficient (Wildman–Crippen LogP) is 5.55. The first-order valence-corrected chi connectivity index (χ1v) is 13.4. The van der Waals surface area contributed by atoms with E-state index in [1.54, 1.807) is 0 Å². The number of ether oxygens (including phenoxy) is 1. The summed E-state index contributed by atoms with van der Waals surface area (Å²) in [6.07, 6.45) is 5.32. The van der Waals surface area contributed by atoms with Crippen molar-refractivity contribution < 1.29 is 9.53 Å². The zero-order chi connectivity index (χ0) is 26.9. The van der Waals surface area contributed by atoms with Crippen LogP contribution in [0.3, 0.4) is 0 Å².